The van der Waals surface area contributed by atoms with Crippen LogP contribution in [-0.2, 0) is 0 Å². The van der Waals surface area contributed by atoms with Gasteiger partial charge < -0.3 is 9.47 Å². The summed E-state index contributed by atoms with van der Waals surface area (Å²) in [5, 5.41) is 26.1. The molecular weight excluding hydrogens is 344 g/mol. The summed E-state index contributed by atoms with van der Waals surface area (Å²) in [5.41, 5.74) is 2.89. The van der Waals surface area contributed by atoms with Crippen molar-refractivity contribution in [3.63, 3.8) is 0 Å². The first-order chi connectivity index (χ1) is 12.4. The van der Waals surface area contributed by atoms with Crippen LogP contribution in [0, 0.1) is 20.2 Å². The molecule has 0 saturated carbocycles. The Bertz CT molecular complexity index is 881. The van der Waals surface area contributed by atoms with Gasteiger partial charge in [-0.1, -0.05) is 6.07 Å². The van der Waals surface area contributed by atoms with Gasteiger partial charge in [-0.3, -0.25) is 25.7 Å². The molecule has 0 radical (unpaired) electrons. The molecule has 2 rings (SSSR count). The maximum Gasteiger partial charge on any atom is 0.301 e. The second kappa shape index (κ2) is 7.92. The monoisotopic (exact) mass is 360 g/mol. The van der Waals surface area contributed by atoms with Gasteiger partial charge in [0.05, 0.1) is 35.8 Å². The van der Waals surface area contributed by atoms with E-state index >= 15 is 0 Å². The fraction of sp³-hybridized carbons (Fsp3) is 0.188. The SMILES string of the molecule is COc1cccc(/C(C)=N\Nc2ccc([N+](=O)[O-])cc2[N+](=O)[O-])c1OC. The summed E-state index contributed by atoms with van der Waals surface area (Å²) in [6.45, 7) is 1.68. The molecule has 10 heteroatoms. The van der Waals surface area contributed by atoms with Gasteiger partial charge >= 0.3 is 5.69 Å². The second-order valence-electron chi connectivity index (χ2n) is 5.07. The van der Waals surface area contributed by atoms with E-state index in [-0.39, 0.29) is 11.4 Å². The lowest BCUT2D eigenvalue weighted by atomic mass is 10.1. The summed E-state index contributed by atoms with van der Waals surface area (Å²) in [4.78, 5) is 20.5. The molecule has 2 aromatic carbocycles. The number of hydrogen-bond acceptors (Lipinski definition) is 8. The number of anilines is 1. The van der Waals surface area contributed by atoms with Crippen LogP contribution >= 0.6 is 0 Å². The lowest BCUT2D eigenvalue weighted by Gasteiger charge is -2.12. The minimum absolute atomic E-state index is 0.0295. The normalized spacial score (nSPS) is 11.0. The van der Waals surface area contributed by atoms with Crippen LogP contribution in [0.4, 0.5) is 17.1 Å². The highest BCUT2D eigenvalue weighted by atomic mass is 16.6. The van der Waals surface area contributed by atoms with Crippen molar-refractivity contribution in [3.8, 4) is 11.5 Å². The molecule has 2 aromatic rings. The van der Waals surface area contributed by atoms with Gasteiger partial charge in [-0.05, 0) is 25.1 Å². The zero-order valence-electron chi connectivity index (χ0n) is 14.3. The van der Waals surface area contributed by atoms with Crippen molar-refractivity contribution in [3.05, 3.63) is 62.2 Å². The van der Waals surface area contributed by atoms with Gasteiger partial charge in [-0.15, -0.1) is 0 Å². The van der Waals surface area contributed by atoms with Crippen LogP contribution < -0.4 is 14.9 Å². The lowest BCUT2D eigenvalue weighted by molar-refractivity contribution is -0.393. The van der Waals surface area contributed by atoms with Gasteiger partial charge in [0.25, 0.3) is 5.69 Å². The van der Waals surface area contributed by atoms with Crippen molar-refractivity contribution in [2.24, 2.45) is 5.10 Å². The number of nitro benzene ring substituents is 2. The number of benzene rings is 2. The molecule has 0 saturated heterocycles. The van der Waals surface area contributed by atoms with Gasteiger partial charge in [-0.2, -0.15) is 5.10 Å². The van der Waals surface area contributed by atoms with E-state index in [9.17, 15) is 20.2 Å². The third-order valence-corrected chi connectivity index (χ3v) is 3.53. The minimum Gasteiger partial charge on any atom is -0.493 e. The van der Waals surface area contributed by atoms with Gasteiger partial charge in [0, 0.05) is 11.6 Å². The summed E-state index contributed by atoms with van der Waals surface area (Å²) in [5.74, 6) is 0.983. The number of methoxy groups -OCH3 is 2. The summed E-state index contributed by atoms with van der Waals surface area (Å²) >= 11 is 0. The van der Waals surface area contributed by atoms with Crippen molar-refractivity contribution in [2.75, 3.05) is 19.6 Å². The van der Waals surface area contributed by atoms with E-state index in [4.69, 9.17) is 9.47 Å². The number of ether oxygens (including phenoxy) is 2. The first kappa shape index (κ1) is 18.6. The van der Waals surface area contributed by atoms with Crippen molar-refractivity contribution in [2.45, 2.75) is 6.92 Å². The van der Waals surface area contributed by atoms with Crippen molar-refractivity contribution < 1.29 is 19.3 Å². The molecule has 0 heterocycles. The average Bonchev–Trinajstić information content (AvgIpc) is 2.64. The van der Waals surface area contributed by atoms with Crippen LogP contribution in [0.5, 0.6) is 11.5 Å². The molecule has 0 bridgehead atoms. The predicted octanol–water partition coefficient (Wildman–Crippen LogP) is 3.36. The summed E-state index contributed by atoms with van der Waals surface area (Å²) in [6.07, 6.45) is 0. The first-order valence-corrected chi connectivity index (χ1v) is 7.33. The molecule has 0 aliphatic carbocycles. The topological polar surface area (TPSA) is 129 Å². The highest BCUT2D eigenvalue weighted by Crippen LogP contribution is 2.32. The van der Waals surface area contributed by atoms with Gasteiger partial charge in [0.15, 0.2) is 11.5 Å². The van der Waals surface area contributed by atoms with Crippen LogP contribution in [0.2, 0.25) is 0 Å². The Kier molecular flexibility index (Phi) is 5.68. The second-order valence-corrected chi connectivity index (χ2v) is 5.07. The van der Waals surface area contributed by atoms with E-state index in [0.29, 0.717) is 22.8 Å². The van der Waals surface area contributed by atoms with E-state index < -0.39 is 15.5 Å². The molecular formula is C16H16N4O6. The minimum atomic E-state index is -0.716. The first-order valence-electron chi connectivity index (χ1n) is 7.33. The summed E-state index contributed by atoms with van der Waals surface area (Å²) < 4.78 is 10.6. The Balaban J connectivity index is 2.38. The average molecular weight is 360 g/mol. The molecule has 0 unspecified atom stereocenters. The number of para-hydroxylation sites is 1. The molecule has 0 amide bonds. The van der Waals surface area contributed by atoms with Gasteiger partial charge in [-0.25, -0.2) is 0 Å². The summed E-state index contributed by atoms with van der Waals surface area (Å²) in [7, 11) is 3.00. The van der Waals surface area contributed by atoms with Crippen LogP contribution in [0.1, 0.15) is 12.5 Å². The highest BCUT2D eigenvalue weighted by Gasteiger charge is 2.19. The molecule has 26 heavy (non-hydrogen) atoms. The molecule has 10 nitrogen and oxygen atoms in total. The third-order valence-electron chi connectivity index (χ3n) is 3.53. The number of non-ortho nitro benzene ring substituents is 1. The zero-order chi connectivity index (χ0) is 19.3. The molecule has 0 fully saturated rings. The van der Waals surface area contributed by atoms with Gasteiger partial charge in [0.2, 0.25) is 0 Å². The standard InChI is InChI=1S/C16H16N4O6/c1-10(12-5-4-6-15(25-2)16(12)26-3)17-18-13-8-7-11(19(21)22)9-14(13)20(23)24/h4-9,18H,1-3H3/b17-10-. The van der Waals surface area contributed by atoms with E-state index in [1.54, 1.807) is 25.1 Å². The molecule has 136 valence electrons. The van der Waals surface area contributed by atoms with Crippen LogP contribution in [-0.4, -0.2) is 29.8 Å². The molecule has 0 aliphatic rings. The van der Waals surface area contributed by atoms with E-state index in [2.05, 4.69) is 10.5 Å². The molecule has 1 N–H and O–H groups in total. The maximum atomic E-state index is 11.2. The zero-order valence-corrected chi connectivity index (χ0v) is 14.3. The van der Waals surface area contributed by atoms with Crippen LogP contribution in [0.3, 0.4) is 0 Å². The van der Waals surface area contributed by atoms with E-state index in [1.165, 1.54) is 20.3 Å². The number of nitro groups is 2. The van der Waals surface area contributed by atoms with Crippen molar-refractivity contribution >= 4 is 22.8 Å². The Labute approximate surface area is 148 Å². The molecule has 0 aliphatic heterocycles. The fourth-order valence-corrected chi connectivity index (χ4v) is 2.26. The summed E-state index contributed by atoms with van der Waals surface area (Å²) in [6, 6.07) is 8.50. The Hall–Kier alpha value is -3.69. The number of nitrogens with zero attached hydrogens (tertiary/aromatic N) is 3. The Morgan fingerprint density at radius 1 is 1.08 bits per heavy atom. The predicted molar refractivity (Wildman–Crippen MR) is 95.1 cm³/mol. The fourth-order valence-electron chi connectivity index (χ4n) is 2.26. The smallest absolute Gasteiger partial charge is 0.301 e. The Morgan fingerprint density at radius 2 is 1.81 bits per heavy atom. The Morgan fingerprint density at radius 3 is 2.38 bits per heavy atom. The van der Waals surface area contributed by atoms with Crippen LogP contribution in [0.25, 0.3) is 0 Å². The lowest BCUT2D eigenvalue weighted by Crippen LogP contribution is -2.05. The van der Waals surface area contributed by atoms with Crippen molar-refractivity contribution in [1.29, 1.82) is 0 Å². The van der Waals surface area contributed by atoms with Gasteiger partial charge in [0.1, 0.15) is 5.69 Å². The maximum absolute atomic E-state index is 11.2. The number of hydrazone groups is 1. The largest absolute Gasteiger partial charge is 0.493 e. The quantitative estimate of drug-likeness (QED) is 0.455. The molecule has 0 spiro atoms. The van der Waals surface area contributed by atoms with Crippen molar-refractivity contribution in [1.82, 2.24) is 0 Å². The molecule has 0 atom stereocenters. The number of hydrogen-bond donors (Lipinski definition) is 1. The number of rotatable bonds is 7. The molecule has 0 aromatic heterocycles. The highest BCUT2D eigenvalue weighted by molar-refractivity contribution is 6.02. The van der Waals surface area contributed by atoms with E-state index in [0.717, 1.165) is 12.1 Å². The van der Waals surface area contributed by atoms with E-state index in [1.807, 2.05) is 0 Å². The number of nitrogens with one attached hydrogen (secondary N) is 1. The van der Waals surface area contributed by atoms with Crippen LogP contribution in [0.15, 0.2) is 41.5 Å². The third kappa shape index (κ3) is 3.86.